The summed E-state index contributed by atoms with van der Waals surface area (Å²) in [6.45, 7) is 0. The smallest absolute Gasteiger partial charge is 0.0732 e. The molecule has 3 spiro atoms. The Labute approximate surface area is 315 Å². The molecule has 6 aliphatic carbocycles. The lowest BCUT2D eigenvalue weighted by Gasteiger charge is -2.33. The Balaban J connectivity index is 1.19. The van der Waals surface area contributed by atoms with Crippen LogP contribution in [0, 0.1) is 10.8 Å². The van der Waals surface area contributed by atoms with E-state index in [2.05, 4.69) is 95.7 Å². The molecule has 0 bridgehead atoms. The van der Waals surface area contributed by atoms with Gasteiger partial charge in [0.2, 0.25) is 0 Å². The van der Waals surface area contributed by atoms with Crippen molar-refractivity contribution in [3.63, 3.8) is 0 Å². The molecule has 262 valence electrons. The molecule has 4 aromatic heterocycles. The minimum Gasteiger partial charge on any atom is -0.305 e. The zero-order chi connectivity index (χ0) is 35.0. The van der Waals surface area contributed by atoms with Gasteiger partial charge in [-0.05, 0) is 124 Å². The van der Waals surface area contributed by atoms with Crippen molar-refractivity contribution in [1.29, 1.82) is 0 Å². The second kappa shape index (κ2) is 9.79. The SMILES string of the molecule is c1ccc2c(c1)-c1ccccc1C21c2ccccc2-c2cc3c4c5c(ncc4n4c6cnc7c(c6c(c21)c34)CC1(CCCCC1)C7)CC1(CCCCC1)C5. The Bertz CT molecular complexity index is 2920. The van der Waals surface area contributed by atoms with Gasteiger partial charge in [-0.25, -0.2) is 0 Å². The van der Waals surface area contributed by atoms with Gasteiger partial charge in [0, 0.05) is 32.9 Å². The first-order valence-electron chi connectivity index (χ1n) is 21.0. The van der Waals surface area contributed by atoms with Crippen molar-refractivity contribution in [1.82, 2.24) is 14.4 Å². The lowest BCUT2D eigenvalue weighted by atomic mass is 9.69. The summed E-state index contributed by atoms with van der Waals surface area (Å²) in [4.78, 5) is 10.8. The number of hydrogen-bond acceptors (Lipinski definition) is 2. The third-order valence-corrected chi connectivity index (χ3v) is 16.0. The summed E-state index contributed by atoms with van der Waals surface area (Å²) < 4.78 is 2.65. The van der Waals surface area contributed by atoms with Crippen LogP contribution in [-0.4, -0.2) is 14.4 Å². The van der Waals surface area contributed by atoms with Gasteiger partial charge in [-0.3, -0.25) is 9.97 Å². The Morgan fingerprint density at radius 3 is 1.52 bits per heavy atom. The van der Waals surface area contributed by atoms with E-state index in [-0.39, 0.29) is 0 Å². The average molecular weight is 698 g/mol. The van der Waals surface area contributed by atoms with Gasteiger partial charge in [-0.2, -0.15) is 0 Å². The molecular formula is C51H43N3. The zero-order valence-corrected chi connectivity index (χ0v) is 30.9. The lowest BCUT2D eigenvalue weighted by Crippen LogP contribution is -2.26. The molecule has 0 unspecified atom stereocenters. The number of pyridine rings is 2. The van der Waals surface area contributed by atoms with E-state index in [0.29, 0.717) is 10.8 Å². The Morgan fingerprint density at radius 2 is 0.963 bits per heavy atom. The van der Waals surface area contributed by atoms with Crippen LogP contribution in [0.5, 0.6) is 0 Å². The maximum Gasteiger partial charge on any atom is 0.0732 e. The molecule has 6 aliphatic rings. The second-order valence-corrected chi connectivity index (χ2v) is 18.5. The molecule has 54 heavy (non-hydrogen) atoms. The first-order chi connectivity index (χ1) is 26.7. The standard InChI is InChI=1S/C51H43N3/c1-9-19-49(20-10-1)24-35-40(26-49)52-28-42-44(35)34-23-33-32-15-5-8-18-39(32)51(37-16-6-3-13-30(37)31-14-4-7-17-38(31)51)47(33)46-45-36-25-50(21-11-2-12-22-50)27-41(36)53-29-43(45)54(42)48(34)46/h3-8,13-18,23,28-29H,1-2,9-12,19-22,24-27H2. The predicted molar refractivity (Wildman–Crippen MR) is 219 cm³/mol. The first kappa shape index (κ1) is 29.4. The summed E-state index contributed by atoms with van der Waals surface area (Å²) in [5.74, 6) is 0. The van der Waals surface area contributed by atoms with Gasteiger partial charge >= 0.3 is 0 Å². The fourth-order valence-corrected chi connectivity index (χ4v) is 13.9. The fourth-order valence-electron chi connectivity index (χ4n) is 13.9. The number of nitrogens with zero attached hydrogens (tertiary/aromatic N) is 3. The third-order valence-electron chi connectivity index (χ3n) is 16.0. The molecule has 0 atom stereocenters. The monoisotopic (exact) mass is 697 g/mol. The molecule has 0 aliphatic heterocycles. The molecular weight excluding hydrogens is 655 g/mol. The molecule has 4 aromatic carbocycles. The molecule has 3 heteroatoms. The van der Waals surface area contributed by atoms with Gasteiger partial charge in [0.25, 0.3) is 0 Å². The highest BCUT2D eigenvalue weighted by molar-refractivity contribution is 6.28. The van der Waals surface area contributed by atoms with E-state index in [1.54, 1.807) is 11.1 Å². The maximum absolute atomic E-state index is 5.43. The van der Waals surface area contributed by atoms with E-state index in [9.17, 15) is 0 Å². The van der Waals surface area contributed by atoms with Crippen LogP contribution in [0.1, 0.15) is 109 Å². The largest absolute Gasteiger partial charge is 0.305 e. The van der Waals surface area contributed by atoms with Gasteiger partial charge in [0.05, 0.1) is 34.4 Å². The molecule has 0 saturated heterocycles. The van der Waals surface area contributed by atoms with Crippen molar-refractivity contribution in [3.8, 4) is 22.3 Å². The Hall–Kier alpha value is -5.02. The van der Waals surface area contributed by atoms with E-state index in [1.807, 2.05) is 0 Å². The summed E-state index contributed by atoms with van der Waals surface area (Å²) in [7, 11) is 0. The van der Waals surface area contributed by atoms with Crippen molar-refractivity contribution in [2.75, 3.05) is 0 Å². The van der Waals surface area contributed by atoms with E-state index in [1.165, 1.54) is 165 Å². The molecule has 14 rings (SSSR count). The Morgan fingerprint density at radius 1 is 0.481 bits per heavy atom. The molecule has 0 N–H and O–H groups in total. The van der Waals surface area contributed by atoms with Gasteiger partial charge < -0.3 is 4.40 Å². The van der Waals surface area contributed by atoms with E-state index >= 15 is 0 Å². The number of hydrogen-bond donors (Lipinski definition) is 0. The minimum atomic E-state index is -0.394. The summed E-state index contributed by atoms with van der Waals surface area (Å²) >= 11 is 0. The van der Waals surface area contributed by atoms with Crippen LogP contribution in [0.4, 0.5) is 0 Å². The van der Waals surface area contributed by atoms with E-state index < -0.39 is 5.41 Å². The quantitative estimate of drug-likeness (QED) is 0.158. The van der Waals surface area contributed by atoms with Gasteiger partial charge in [0.1, 0.15) is 0 Å². The molecule has 2 fully saturated rings. The number of fused-ring (bicyclic) bond motifs is 21. The van der Waals surface area contributed by atoms with Crippen LogP contribution in [0.25, 0.3) is 60.3 Å². The maximum atomic E-state index is 5.43. The van der Waals surface area contributed by atoms with Gasteiger partial charge in [-0.15, -0.1) is 0 Å². The topological polar surface area (TPSA) is 30.2 Å². The van der Waals surface area contributed by atoms with Crippen LogP contribution >= 0.6 is 0 Å². The fraction of sp³-hybridized carbons (Fsp3) is 0.333. The van der Waals surface area contributed by atoms with Crippen molar-refractivity contribution >= 4 is 38.1 Å². The highest BCUT2D eigenvalue weighted by Gasteiger charge is 2.54. The predicted octanol–water partition coefficient (Wildman–Crippen LogP) is 12.1. The van der Waals surface area contributed by atoms with E-state index in [4.69, 9.17) is 9.97 Å². The van der Waals surface area contributed by atoms with Crippen LogP contribution in [0.15, 0.2) is 91.3 Å². The molecule has 0 radical (unpaired) electrons. The van der Waals surface area contributed by atoms with Crippen molar-refractivity contribution in [3.05, 3.63) is 136 Å². The van der Waals surface area contributed by atoms with Gasteiger partial charge in [0.15, 0.2) is 0 Å². The van der Waals surface area contributed by atoms with Crippen LogP contribution in [0.3, 0.4) is 0 Å². The number of benzene rings is 4. The van der Waals surface area contributed by atoms with Crippen LogP contribution < -0.4 is 0 Å². The molecule has 0 amide bonds. The zero-order valence-electron chi connectivity index (χ0n) is 30.9. The Kier molecular flexibility index (Phi) is 5.32. The molecule has 2 saturated carbocycles. The molecule has 3 nitrogen and oxygen atoms in total. The minimum absolute atomic E-state index is 0.364. The highest BCUT2D eigenvalue weighted by Crippen LogP contribution is 2.66. The van der Waals surface area contributed by atoms with Crippen LogP contribution in [0.2, 0.25) is 0 Å². The molecule has 4 heterocycles. The lowest BCUT2D eigenvalue weighted by molar-refractivity contribution is 0.202. The van der Waals surface area contributed by atoms with Crippen LogP contribution in [-0.2, 0) is 31.1 Å². The normalized spacial score (nSPS) is 20.7. The number of rotatable bonds is 0. The average Bonchev–Trinajstić information content (AvgIpc) is 4.03. The van der Waals surface area contributed by atoms with Crippen molar-refractivity contribution < 1.29 is 0 Å². The summed E-state index contributed by atoms with van der Waals surface area (Å²) in [5.41, 5.74) is 21.6. The number of aromatic nitrogens is 3. The molecule has 8 aromatic rings. The van der Waals surface area contributed by atoms with E-state index in [0.717, 1.165) is 19.3 Å². The summed E-state index contributed by atoms with van der Waals surface area (Å²) in [6, 6.07) is 30.8. The van der Waals surface area contributed by atoms with Crippen molar-refractivity contribution in [2.24, 2.45) is 10.8 Å². The summed E-state index contributed by atoms with van der Waals surface area (Å²) in [5, 5.41) is 5.88. The first-order valence-corrected chi connectivity index (χ1v) is 21.0. The third kappa shape index (κ3) is 3.28. The second-order valence-electron chi connectivity index (χ2n) is 18.5. The van der Waals surface area contributed by atoms with Crippen molar-refractivity contribution in [2.45, 2.75) is 95.3 Å². The van der Waals surface area contributed by atoms with Gasteiger partial charge in [-0.1, -0.05) is 111 Å². The summed E-state index contributed by atoms with van der Waals surface area (Å²) in [6.07, 6.45) is 22.7. The highest BCUT2D eigenvalue weighted by atomic mass is 15.0.